The zero-order chi connectivity index (χ0) is 15.2. The predicted octanol–water partition coefficient (Wildman–Crippen LogP) is 3.33. The second-order valence-corrected chi connectivity index (χ2v) is 6.67. The van der Waals surface area contributed by atoms with Gasteiger partial charge in [-0.25, -0.2) is 9.78 Å². The number of anilines is 1. The van der Waals surface area contributed by atoms with Crippen molar-refractivity contribution in [1.82, 2.24) is 4.98 Å². The van der Waals surface area contributed by atoms with Gasteiger partial charge in [-0.15, -0.1) is 0 Å². The summed E-state index contributed by atoms with van der Waals surface area (Å²) in [6.07, 6.45) is 6.26. The van der Waals surface area contributed by atoms with Crippen LogP contribution in [0.2, 0.25) is 5.15 Å². The molecule has 0 saturated heterocycles. The Morgan fingerprint density at radius 3 is 3.00 bits per heavy atom. The minimum absolute atomic E-state index is 0.140. The Morgan fingerprint density at radius 2 is 2.29 bits per heavy atom. The average molecular weight is 333 g/mol. The highest BCUT2D eigenvalue weighted by molar-refractivity contribution is 7.18. The quantitative estimate of drug-likeness (QED) is 0.617. The number of carbonyl (C=O) groups excluding carboxylic acids is 1. The molecular weight excluding hydrogens is 312 g/mol. The van der Waals surface area contributed by atoms with Gasteiger partial charge in [-0.05, 0) is 31.6 Å². The van der Waals surface area contributed by atoms with Crippen LogP contribution >= 0.6 is 22.9 Å². The van der Waals surface area contributed by atoms with Gasteiger partial charge >= 0.3 is 5.97 Å². The summed E-state index contributed by atoms with van der Waals surface area (Å²) in [6.45, 7) is 0.758. The molecule has 1 saturated carbocycles. The van der Waals surface area contributed by atoms with Crippen molar-refractivity contribution in [3.8, 4) is 0 Å². The van der Waals surface area contributed by atoms with Gasteiger partial charge in [-0.2, -0.15) is 0 Å². The highest BCUT2D eigenvalue weighted by Crippen LogP contribution is 2.29. The molecular formula is C14H21ClN2O3S. The summed E-state index contributed by atoms with van der Waals surface area (Å²) in [7, 11) is 1.32. The van der Waals surface area contributed by atoms with E-state index in [1.54, 1.807) is 0 Å². The number of hydrogen-bond acceptors (Lipinski definition) is 6. The number of methoxy groups -OCH3 is 1. The number of rotatable bonds is 6. The lowest BCUT2D eigenvalue weighted by atomic mass is 9.83. The molecule has 0 amide bonds. The lowest BCUT2D eigenvalue weighted by molar-refractivity contribution is 0.0606. The molecule has 1 aliphatic carbocycles. The minimum atomic E-state index is -0.462. The van der Waals surface area contributed by atoms with Crippen LogP contribution in [-0.2, 0) is 4.74 Å². The lowest BCUT2D eigenvalue weighted by Crippen LogP contribution is -2.24. The number of ether oxygens (including phenoxy) is 1. The van der Waals surface area contributed by atoms with Gasteiger partial charge in [0.25, 0.3) is 0 Å². The van der Waals surface area contributed by atoms with Gasteiger partial charge in [0.15, 0.2) is 15.2 Å². The monoisotopic (exact) mass is 332 g/mol. The molecule has 118 valence electrons. The van der Waals surface area contributed by atoms with Gasteiger partial charge in [0.05, 0.1) is 13.2 Å². The van der Waals surface area contributed by atoms with Crippen LogP contribution in [0.4, 0.5) is 5.13 Å². The molecule has 1 fully saturated rings. The fraction of sp³-hybridized carbons (Fsp3) is 0.714. The molecule has 0 spiro atoms. The van der Waals surface area contributed by atoms with E-state index in [-0.39, 0.29) is 11.3 Å². The fourth-order valence-corrected chi connectivity index (χ4v) is 3.81. The van der Waals surface area contributed by atoms with Crippen LogP contribution in [0, 0.1) is 5.92 Å². The van der Waals surface area contributed by atoms with Gasteiger partial charge in [-0.1, -0.05) is 35.8 Å². The Morgan fingerprint density at radius 1 is 1.52 bits per heavy atom. The number of nitrogens with zero attached hydrogens (tertiary/aromatic N) is 1. The molecule has 21 heavy (non-hydrogen) atoms. The number of nitrogens with one attached hydrogen (secondary N) is 1. The number of carbonyl (C=O) groups is 1. The smallest absolute Gasteiger partial charge is 0.351 e. The molecule has 5 nitrogen and oxygen atoms in total. The highest BCUT2D eigenvalue weighted by atomic mass is 35.5. The number of esters is 1. The first-order valence-corrected chi connectivity index (χ1v) is 8.48. The lowest BCUT2D eigenvalue weighted by Gasteiger charge is -2.27. The highest BCUT2D eigenvalue weighted by Gasteiger charge is 2.22. The van der Waals surface area contributed by atoms with Crippen molar-refractivity contribution >= 4 is 34.0 Å². The molecule has 0 radical (unpaired) electrons. The Kier molecular flexibility index (Phi) is 6.26. The first-order chi connectivity index (χ1) is 10.1. The van der Waals surface area contributed by atoms with E-state index in [0.717, 1.165) is 38.6 Å². The van der Waals surface area contributed by atoms with Crippen molar-refractivity contribution in [2.45, 2.75) is 44.6 Å². The standard InChI is InChI=1S/C14H21ClN2O3S/c1-20-13(19)11-12(15)17-14(21-11)16-8-4-6-9-5-2-3-7-10(9)18/h9-10,18H,2-8H2,1H3,(H,16,17). The van der Waals surface area contributed by atoms with Gasteiger partial charge in [0.2, 0.25) is 0 Å². The SMILES string of the molecule is COC(=O)c1sc(NCCCC2CCCCC2O)nc1Cl. The van der Waals surface area contributed by atoms with Crippen LogP contribution in [-0.4, -0.2) is 35.8 Å². The Bertz CT molecular complexity index is 481. The van der Waals surface area contributed by atoms with E-state index in [9.17, 15) is 9.90 Å². The maximum atomic E-state index is 11.4. The minimum Gasteiger partial charge on any atom is -0.465 e. The fourth-order valence-electron chi connectivity index (χ4n) is 2.68. The van der Waals surface area contributed by atoms with Crippen molar-refractivity contribution in [3.05, 3.63) is 10.0 Å². The number of aliphatic hydroxyl groups excluding tert-OH is 1. The topological polar surface area (TPSA) is 71.5 Å². The van der Waals surface area contributed by atoms with Gasteiger partial charge in [0, 0.05) is 6.54 Å². The maximum absolute atomic E-state index is 11.4. The summed E-state index contributed by atoms with van der Waals surface area (Å²) >= 11 is 7.10. The third-order valence-corrected chi connectivity index (χ3v) is 5.23. The van der Waals surface area contributed by atoms with Crippen molar-refractivity contribution in [2.24, 2.45) is 5.92 Å². The van der Waals surface area contributed by atoms with Gasteiger partial charge in [0.1, 0.15) is 0 Å². The number of hydrogen-bond donors (Lipinski definition) is 2. The van der Waals surface area contributed by atoms with E-state index in [0.29, 0.717) is 15.9 Å². The largest absolute Gasteiger partial charge is 0.465 e. The Hall–Kier alpha value is -0.850. The Labute approximate surface area is 133 Å². The number of aliphatic hydroxyl groups is 1. The van der Waals surface area contributed by atoms with Crippen LogP contribution in [0.1, 0.15) is 48.2 Å². The molecule has 0 aromatic carbocycles. The molecule has 2 atom stereocenters. The molecule has 2 N–H and O–H groups in total. The van der Waals surface area contributed by atoms with Crippen molar-refractivity contribution in [2.75, 3.05) is 19.0 Å². The number of thiazole rings is 1. The molecule has 1 aromatic rings. The van der Waals surface area contributed by atoms with E-state index < -0.39 is 5.97 Å². The number of aromatic nitrogens is 1. The molecule has 1 aromatic heterocycles. The van der Waals surface area contributed by atoms with Crippen molar-refractivity contribution in [3.63, 3.8) is 0 Å². The maximum Gasteiger partial charge on any atom is 0.351 e. The summed E-state index contributed by atoms with van der Waals surface area (Å²) in [5.41, 5.74) is 0. The zero-order valence-electron chi connectivity index (χ0n) is 12.1. The van der Waals surface area contributed by atoms with Crippen molar-refractivity contribution < 1.29 is 14.6 Å². The normalized spacial score (nSPS) is 22.0. The van der Waals surface area contributed by atoms with E-state index >= 15 is 0 Å². The summed E-state index contributed by atoms with van der Waals surface area (Å²) in [4.78, 5) is 15.9. The van der Waals surface area contributed by atoms with Crippen LogP contribution in [0.5, 0.6) is 0 Å². The third-order valence-electron chi connectivity index (χ3n) is 3.85. The summed E-state index contributed by atoms with van der Waals surface area (Å²) < 4.78 is 4.64. The molecule has 2 rings (SSSR count). The second kappa shape index (κ2) is 7.96. The summed E-state index contributed by atoms with van der Waals surface area (Å²) in [5.74, 6) is -0.0399. The Balaban J connectivity index is 1.74. The van der Waals surface area contributed by atoms with Crippen LogP contribution in [0.3, 0.4) is 0 Å². The molecule has 0 aliphatic heterocycles. The van der Waals surface area contributed by atoms with Crippen LogP contribution in [0.15, 0.2) is 0 Å². The molecule has 7 heteroatoms. The van der Waals surface area contributed by atoms with E-state index in [4.69, 9.17) is 11.6 Å². The zero-order valence-corrected chi connectivity index (χ0v) is 13.7. The summed E-state index contributed by atoms with van der Waals surface area (Å²) in [6, 6.07) is 0. The average Bonchev–Trinajstić information content (AvgIpc) is 2.85. The predicted molar refractivity (Wildman–Crippen MR) is 84.2 cm³/mol. The first kappa shape index (κ1) is 16.5. The van der Waals surface area contributed by atoms with Gasteiger partial charge < -0.3 is 15.2 Å². The van der Waals surface area contributed by atoms with Crippen LogP contribution in [0.25, 0.3) is 0 Å². The molecule has 0 bridgehead atoms. The summed E-state index contributed by atoms with van der Waals surface area (Å²) in [5, 5.41) is 13.9. The number of halogens is 1. The first-order valence-electron chi connectivity index (χ1n) is 7.28. The molecule has 1 aliphatic rings. The van der Waals surface area contributed by atoms with E-state index in [1.807, 2.05) is 0 Å². The molecule has 1 heterocycles. The second-order valence-electron chi connectivity index (χ2n) is 5.31. The van der Waals surface area contributed by atoms with Gasteiger partial charge in [-0.3, -0.25) is 0 Å². The van der Waals surface area contributed by atoms with Crippen LogP contribution < -0.4 is 5.32 Å². The molecule has 2 unspecified atom stereocenters. The van der Waals surface area contributed by atoms with Crippen molar-refractivity contribution in [1.29, 1.82) is 0 Å². The van der Waals surface area contributed by atoms with E-state index in [2.05, 4.69) is 15.0 Å². The third kappa shape index (κ3) is 4.56. The van der Waals surface area contributed by atoms with E-state index in [1.165, 1.54) is 24.9 Å².